The molecule has 0 radical (unpaired) electrons. The van der Waals surface area contributed by atoms with Gasteiger partial charge >= 0.3 is 0 Å². The van der Waals surface area contributed by atoms with Gasteiger partial charge in [0.15, 0.2) is 5.82 Å². The van der Waals surface area contributed by atoms with Gasteiger partial charge in [-0.1, -0.05) is 182 Å². The van der Waals surface area contributed by atoms with E-state index in [0.717, 1.165) is 89.6 Å². The summed E-state index contributed by atoms with van der Waals surface area (Å²) in [5, 5.41) is 4.73. The first-order valence-electron chi connectivity index (χ1n) is 23.0. The summed E-state index contributed by atoms with van der Waals surface area (Å²) in [6.07, 6.45) is 0. The molecule has 318 valence electrons. The average Bonchev–Trinajstić information content (AvgIpc) is 3.92. The topological polar surface area (TPSA) is 48.5 Å². The molecule has 0 unspecified atom stereocenters. The monoisotopic (exact) mass is 867 g/mol. The Morgan fingerprint density at radius 3 is 1.16 bits per heavy atom. The summed E-state index contributed by atoms with van der Waals surface area (Å²) in [5.74, 6) is 0.635. The summed E-state index contributed by atoms with van der Waals surface area (Å²) in [6.45, 7) is 0. The Hall–Kier alpha value is -9.19. The van der Waals surface area contributed by atoms with Gasteiger partial charge in [0.05, 0.1) is 50.5 Å². The van der Waals surface area contributed by atoms with Crippen molar-refractivity contribution in [1.29, 1.82) is 0 Å². The Balaban J connectivity index is 1.12. The highest BCUT2D eigenvalue weighted by molar-refractivity contribution is 6.19. The van der Waals surface area contributed by atoms with Gasteiger partial charge in [-0.3, -0.25) is 0 Å². The molecule has 0 spiro atoms. The van der Waals surface area contributed by atoms with Crippen molar-refractivity contribution >= 4 is 43.6 Å². The molecule has 0 amide bonds. The molecule has 4 heterocycles. The maximum atomic E-state index is 5.48. The van der Waals surface area contributed by atoms with E-state index in [-0.39, 0.29) is 0 Å². The van der Waals surface area contributed by atoms with E-state index in [4.69, 9.17) is 15.0 Å². The second-order valence-corrected chi connectivity index (χ2v) is 17.2. The molecule has 5 nitrogen and oxygen atoms in total. The molecule has 0 aliphatic carbocycles. The number of benzene rings is 9. The summed E-state index contributed by atoms with van der Waals surface area (Å²) in [4.78, 5) is 16.2. The highest BCUT2D eigenvalue weighted by atomic mass is 15.0. The lowest BCUT2D eigenvalue weighted by Crippen LogP contribution is -2.02. The fourth-order valence-corrected chi connectivity index (χ4v) is 9.93. The van der Waals surface area contributed by atoms with Gasteiger partial charge in [-0.2, -0.15) is 0 Å². The van der Waals surface area contributed by atoms with Crippen molar-refractivity contribution < 1.29 is 0 Å². The molecule has 13 aromatic rings. The zero-order valence-electron chi connectivity index (χ0n) is 36.9. The molecular weight excluding hydrogens is 827 g/mol. The van der Waals surface area contributed by atoms with Crippen LogP contribution < -0.4 is 0 Å². The van der Waals surface area contributed by atoms with Crippen LogP contribution in [0, 0.1) is 0 Å². The zero-order chi connectivity index (χ0) is 45.0. The molecule has 68 heavy (non-hydrogen) atoms. The van der Waals surface area contributed by atoms with E-state index >= 15 is 0 Å². The number of fused-ring (bicyclic) bond motifs is 6. The van der Waals surface area contributed by atoms with Gasteiger partial charge in [0.25, 0.3) is 0 Å². The Bertz CT molecular complexity index is 3880. The van der Waals surface area contributed by atoms with E-state index in [1.807, 2.05) is 24.3 Å². The molecule has 0 aliphatic heterocycles. The summed E-state index contributed by atoms with van der Waals surface area (Å²) in [7, 11) is 0. The number of hydrogen-bond acceptors (Lipinski definition) is 3. The molecule has 13 rings (SSSR count). The predicted octanol–water partition coefficient (Wildman–Crippen LogP) is 16.1. The van der Waals surface area contributed by atoms with Crippen LogP contribution >= 0.6 is 0 Å². The molecule has 0 bridgehead atoms. The number of nitrogens with zero attached hydrogens (tertiary/aromatic N) is 5. The van der Waals surface area contributed by atoms with E-state index in [0.29, 0.717) is 5.82 Å². The van der Waals surface area contributed by atoms with Crippen molar-refractivity contribution in [2.24, 2.45) is 0 Å². The van der Waals surface area contributed by atoms with Crippen LogP contribution in [0.4, 0.5) is 0 Å². The second-order valence-electron chi connectivity index (χ2n) is 17.2. The van der Waals surface area contributed by atoms with Gasteiger partial charge in [0, 0.05) is 55.0 Å². The largest absolute Gasteiger partial charge is 0.309 e. The average molecular weight is 868 g/mol. The van der Waals surface area contributed by atoms with Gasteiger partial charge in [-0.25, -0.2) is 15.0 Å². The fraction of sp³-hybridized carbons (Fsp3) is 0. The highest BCUT2D eigenvalue weighted by Gasteiger charge is 2.23. The maximum Gasteiger partial charge on any atom is 0.162 e. The smallest absolute Gasteiger partial charge is 0.162 e. The maximum absolute atomic E-state index is 5.48. The van der Waals surface area contributed by atoms with E-state index in [1.165, 1.54) is 27.1 Å². The number of para-hydroxylation sites is 3. The van der Waals surface area contributed by atoms with Crippen molar-refractivity contribution in [1.82, 2.24) is 24.1 Å². The predicted molar refractivity (Wildman–Crippen MR) is 281 cm³/mol. The molecule has 0 atom stereocenters. The molecule has 4 aromatic heterocycles. The van der Waals surface area contributed by atoms with Crippen LogP contribution in [0.2, 0.25) is 0 Å². The standard InChI is InChI=1S/C63H41N5/c1-6-20-42(21-7-1)54-37-47(38-55(64-54)43-22-8-2-9-23-43)46-34-35-60(53(36-46)63-65-56(44-24-10-3-11-25-44)41-57(66-63)45-26-12-4-13-27-45)68-59-33-19-17-31-50(59)52-39-61-51(40-62(52)68)49-30-16-18-32-58(49)67(61)48-28-14-5-15-29-48/h1-41H. The number of pyridine rings is 1. The third kappa shape index (κ3) is 6.76. The molecule has 9 aromatic carbocycles. The summed E-state index contributed by atoms with van der Waals surface area (Å²) in [6, 6.07) is 88.0. The summed E-state index contributed by atoms with van der Waals surface area (Å²) >= 11 is 0. The molecule has 0 saturated carbocycles. The molecule has 0 aliphatic rings. The molecule has 0 saturated heterocycles. The van der Waals surface area contributed by atoms with Crippen molar-refractivity contribution in [2.75, 3.05) is 0 Å². The minimum atomic E-state index is 0.635. The van der Waals surface area contributed by atoms with Crippen LogP contribution in [0.25, 0.3) is 123 Å². The van der Waals surface area contributed by atoms with E-state index in [1.54, 1.807) is 0 Å². The fourth-order valence-electron chi connectivity index (χ4n) is 9.93. The number of hydrogen-bond donors (Lipinski definition) is 0. The third-order valence-corrected chi connectivity index (χ3v) is 13.1. The zero-order valence-corrected chi connectivity index (χ0v) is 36.9. The highest BCUT2D eigenvalue weighted by Crippen LogP contribution is 2.43. The lowest BCUT2D eigenvalue weighted by molar-refractivity contribution is 1.14. The quantitative estimate of drug-likeness (QED) is 0.153. The third-order valence-electron chi connectivity index (χ3n) is 13.1. The summed E-state index contributed by atoms with van der Waals surface area (Å²) < 4.78 is 4.82. The van der Waals surface area contributed by atoms with Crippen molar-refractivity contribution in [3.63, 3.8) is 0 Å². The Morgan fingerprint density at radius 1 is 0.250 bits per heavy atom. The Labute approximate surface area is 393 Å². The first-order valence-corrected chi connectivity index (χ1v) is 23.0. The second kappa shape index (κ2) is 16.4. The van der Waals surface area contributed by atoms with E-state index in [9.17, 15) is 0 Å². The van der Waals surface area contributed by atoms with Crippen LogP contribution in [0.5, 0.6) is 0 Å². The minimum Gasteiger partial charge on any atom is -0.309 e. The van der Waals surface area contributed by atoms with Crippen LogP contribution in [0.15, 0.2) is 249 Å². The Morgan fingerprint density at radius 2 is 0.662 bits per heavy atom. The van der Waals surface area contributed by atoms with Gasteiger partial charge in [-0.15, -0.1) is 0 Å². The summed E-state index contributed by atoms with van der Waals surface area (Å²) in [5.41, 5.74) is 17.3. The van der Waals surface area contributed by atoms with Gasteiger partial charge < -0.3 is 9.13 Å². The number of rotatable bonds is 8. The Kier molecular flexibility index (Phi) is 9.43. The van der Waals surface area contributed by atoms with Gasteiger partial charge in [0.1, 0.15) is 0 Å². The van der Waals surface area contributed by atoms with Gasteiger partial charge in [0.2, 0.25) is 0 Å². The van der Waals surface area contributed by atoms with Crippen LogP contribution in [0.3, 0.4) is 0 Å². The van der Waals surface area contributed by atoms with Gasteiger partial charge in [-0.05, 0) is 77.9 Å². The lowest BCUT2D eigenvalue weighted by atomic mass is 9.97. The lowest BCUT2D eigenvalue weighted by Gasteiger charge is -2.17. The van der Waals surface area contributed by atoms with Crippen molar-refractivity contribution in [3.05, 3.63) is 249 Å². The molecular formula is C63H41N5. The van der Waals surface area contributed by atoms with Crippen molar-refractivity contribution in [2.45, 2.75) is 0 Å². The molecule has 5 heteroatoms. The SMILES string of the molecule is c1ccc(-c2cc(-c3ccc(-n4c5ccccc5c5cc6c(cc54)c4ccccc4n6-c4ccccc4)c(-c4nc(-c5ccccc5)cc(-c5ccccc5)n4)c3)cc(-c3ccccc3)n2)cc1. The normalized spacial score (nSPS) is 11.5. The molecule has 0 fully saturated rings. The number of aromatic nitrogens is 5. The minimum absolute atomic E-state index is 0.635. The first kappa shape index (κ1) is 39.2. The van der Waals surface area contributed by atoms with E-state index < -0.39 is 0 Å². The van der Waals surface area contributed by atoms with Crippen molar-refractivity contribution in [3.8, 4) is 78.9 Å². The van der Waals surface area contributed by atoms with Crippen LogP contribution in [-0.2, 0) is 0 Å². The van der Waals surface area contributed by atoms with Crippen LogP contribution in [-0.4, -0.2) is 24.1 Å². The van der Waals surface area contributed by atoms with Crippen LogP contribution in [0.1, 0.15) is 0 Å². The van der Waals surface area contributed by atoms with E-state index in [2.05, 4.69) is 234 Å². The first-order chi connectivity index (χ1) is 33.7. The molecule has 0 N–H and O–H groups in total.